The van der Waals surface area contributed by atoms with E-state index in [0.29, 0.717) is 11.4 Å². The van der Waals surface area contributed by atoms with Crippen molar-refractivity contribution in [3.05, 3.63) is 51.5 Å². The lowest BCUT2D eigenvalue weighted by atomic mass is 9.94. The second kappa shape index (κ2) is 8.02. The molecule has 8 nitrogen and oxygen atoms in total. The summed E-state index contributed by atoms with van der Waals surface area (Å²) in [4.78, 5) is 22.8. The summed E-state index contributed by atoms with van der Waals surface area (Å²) in [7, 11) is 0. The highest BCUT2D eigenvalue weighted by molar-refractivity contribution is 6.34. The van der Waals surface area contributed by atoms with E-state index >= 15 is 0 Å². The van der Waals surface area contributed by atoms with Crippen LogP contribution >= 0.6 is 11.6 Å². The predicted octanol–water partition coefficient (Wildman–Crippen LogP) is 5.12. The molecule has 0 saturated heterocycles. The number of benzene rings is 2. The third-order valence-corrected chi connectivity index (χ3v) is 5.66. The van der Waals surface area contributed by atoms with Crippen LogP contribution in [0.25, 0.3) is 0 Å². The molecule has 0 radical (unpaired) electrons. The van der Waals surface area contributed by atoms with Crippen molar-refractivity contribution in [2.24, 2.45) is 0 Å². The predicted molar refractivity (Wildman–Crippen MR) is 113 cm³/mol. The number of carbonyl (C=O) groups is 1. The number of carbonyl (C=O) groups excluding carboxylic acids is 1. The van der Waals surface area contributed by atoms with E-state index in [1.165, 1.54) is 24.6 Å². The number of non-ortho nitro benzene ring substituents is 1. The standard InChI is InChI=1S/C21H22ClN3O5/c1-13(20(26)24-17-7-6-15(25(27)28)12-16(17)22)23-14-5-8-18-19(11-14)30-21(29-18)9-3-2-4-10-21/h5-8,11-13,23H,2-4,9-10H2,1H3,(H,24,26). The molecule has 1 unspecified atom stereocenters. The van der Waals surface area contributed by atoms with E-state index in [0.717, 1.165) is 37.1 Å². The van der Waals surface area contributed by atoms with E-state index in [9.17, 15) is 14.9 Å². The summed E-state index contributed by atoms with van der Waals surface area (Å²) in [6, 6.07) is 8.84. The van der Waals surface area contributed by atoms with Crippen LogP contribution in [0.3, 0.4) is 0 Å². The zero-order valence-corrected chi connectivity index (χ0v) is 17.2. The molecule has 1 aliphatic carbocycles. The second-order valence-corrected chi connectivity index (χ2v) is 8.02. The van der Waals surface area contributed by atoms with E-state index in [1.807, 2.05) is 18.2 Å². The van der Waals surface area contributed by atoms with Gasteiger partial charge in [0.25, 0.3) is 11.5 Å². The number of halogens is 1. The highest BCUT2D eigenvalue weighted by Crippen LogP contribution is 2.46. The Morgan fingerprint density at radius 2 is 1.87 bits per heavy atom. The van der Waals surface area contributed by atoms with Gasteiger partial charge in [-0.2, -0.15) is 0 Å². The van der Waals surface area contributed by atoms with Gasteiger partial charge in [-0.3, -0.25) is 14.9 Å². The fourth-order valence-electron chi connectivity index (χ4n) is 3.75. The van der Waals surface area contributed by atoms with E-state index < -0.39 is 16.8 Å². The lowest BCUT2D eigenvalue weighted by molar-refractivity contribution is -0.384. The maximum Gasteiger partial charge on any atom is 0.271 e. The summed E-state index contributed by atoms with van der Waals surface area (Å²) in [5.41, 5.74) is 0.897. The molecule has 2 N–H and O–H groups in total. The number of rotatable bonds is 5. The highest BCUT2D eigenvalue weighted by atomic mass is 35.5. The molecule has 0 bridgehead atoms. The summed E-state index contributed by atoms with van der Waals surface area (Å²) in [5.74, 6) is 0.520. The van der Waals surface area contributed by atoms with Crippen molar-refractivity contribution >= 4 is 34.6 Å². The van der Waals surface area contributed by atoms with Gasteiger partial charge in [-0.15, -0.1) is 0 Å². The van der Waals surface area contributed by atoms with Crippen LogP contribution in [-0.4, -0.2) is 22.7 Å². The van der Waals surface area contributed by atoms with Crippen molar-refractivity contribution in [2.75, 3.05) is 10.6 Å². The molecule has 4 rings (SSSR count). The van der Waals surface area contributed by atoms with Crippen LogP contribution < -0.4 is 20.1 Å². The third-order valence-electron chi connectivity index (χ3n) is 5.35. The number of ether oxygens (including phenoxy) is 2. The van der Waals surface area contributed by atoms with Crippen molar-refractivity contribution in [1.82, 2.24) is 0 Å². The Morgan fingerprint density at radius 1 is 1.13 bits per heavy atom. The van der Waals surface area contributed by atoms with E-state index in [4.69, 9.17) is 21.1 Å². The molecule has 2 aromatic carbocycles. The summed E-state index contributed by atoms with van der Waals surface area (Å²) < 4.78 is 12.2. The van der Waals surface area contributed by atoms with Gasteiger partial charge in [-0.1, -0.05) is 18.0 Å². The van der Waals surface area contributed by atoms with Crippen LogP contribution in [0, 0.1) is 10.1 Å². The molecule has 1 amide bonds. The molecule has 1 atom stereocenters. The average molecular weight is 432 g/mol. The Balaban J connectivity index is 1.40. The first-order valence-electron chi connectivity index (χ1n) is 9.89. The molecular formula is C21H22ClN3O5. The SMILES string of the molecule is CC(Nc1ccc2c(c1)OC1(CCCCC1)O2)C(=O)Nc1ccc([N+](=O)[O-])cc1Cl. The van der Waals surface area contributed by atoms with Gasteiger partial charge in [0.1, 0.15) is 6.04 Å². The normalized spacial score (nSPS) is 17.4. The second-order valence-electron chi connectivity index (χ2n) is 7.61. The van der Waals surface area contributed by atoms with Crippen LogP contribution in [0.1, 0.15) is 39.0 Å². The van der Waals surface area contributed by atoms with Gasteiger partial charge in [0.2, 0.25) is 5.91 Å². The fraction of sp³-hybridized carbons (Fsp3) is 0.381. The quantitative estimate of drug-likeness (QED) is 0.503. The number of nitrogens with one attached hydrogen (secondary N) is 2. The van der Waals surface area contributed by atoms with Crippen molar-refractivity contribution in [3.63, 3.8) is 0 Å². The van der Waals surface area contributed by atoms with Crippen molar-refractivity contribution in [1.29, 1.82) is 0 Å². The van der Waals surface area contributed by atoms with E-state index in [1.54, 1.807) is 6.92 Å². The highest BCUT2D eigenvalue weighted by Gasteiger charge is 2.42. The van der Waals surface area contributed by atoms with Gasteiger partial charge in [0.15, 0.2) is 11.5 Å². The lowest BCUT2D eigenvalue weighted by Gasteiger charge is -2.31. The number of fused-ring (bicyclic) bond motifs is 1. The number of nitro groups is 1. The monoisotopic (exact) mass is 431 g/mol. The number of hydrogen-bond donors (Lipinski definition) is 2. The lowest BCUT2D eigenvalue weighted by Crippen LogP contribution is -2.40. The molecule has 1 heterocycles. The van der Waals surface area contributed by atoms with Gasteiger partial charge in [-0.05, 0) is 38.0 Å². The van der Waals surface area contributed by atoms with E-state index in [-0.39, 0.29) is 16.6 Å². The smallest absolute Gasteiger partial charge is 0.271 e. The molecule has 1 fully saturated rings. The molecule has 1 spiro atoms. The maximum atomic E-state index is 12.5. The molecule has 2 aliphatic rings. The van der Waals surface area contributed by atoms with Crippen LogP contribution in [0.2, 0.25) is 5.02 Å². The summed E-state index contributed by atoms with van der Waals surface area (Å²) >= 11 is 6.05. The Kier molecular flexibility index (Phi) is 5.42. The number of anilines is 2. The first kappa shape index (κ1) is 20.3. The summed E-state index contributed by atoms with van der Waals surface area (Å²) in [6.45, 7) is 1.71. The van der Waals surface area contributed by atoms with Gasteiger partial charge >= 0.3 is 0 Å². The van der Waals surface area contributed by atoms with Gasteiger partial charge < -0.3 is 20.1 Å². The first-order chi connectivity index (χ1) is 14.3. The largest absolute Gasteiger partial charge is 0.448 e. The minimum Gasteiger partial charge on any atom is -0.448 e. The summed E-state index contributed by atoms with van der Waals surface area (Å²) in [5, 5.41) is 16.7. The Hall–Kier alpha value is -3.00. The molecule has 0 aromatic heterocycles. The summed E-state index contributed by atoms with van der Waals surface area (Å²) in [6.07, 6.45) is 5.12. The Morgan fingerprint density at radius 3 is 2.57 bits per heavy atom. The molecule has 158 valence electrons. The molecule has 1 aliphatic heterocycles. The van der Waals surface area contributed by atoms with E-state index in [2.05, 4.69) is 10.6 Å². The Bertz CT molecular complexity index is 991. The van der Waals surface area contributed by atoms with Gasteiger partial charge in [0, 0.05) is 36.7 Å². The molecule has 1 saturated carbocycles. The number of nitro benzene ring substituents is 1. The zero-order valence-electron chi connectivity index (χ0n) is 16.4. The van der Waals surface area contributed by atoms with Gasteiger partial charge in [0.05, 0.1) is 15.6 Å². The molecule has 9 heteroatoms. The van der Waals surface area contributed by atoms with Crippen molar-refractivity contribution in [3.8, 4) is 11.5 Å². The maximum absolute atomic E-state index is 12.5. The zero-order chi connectivity index (χ0) is 21.3. The first-order valence-corrected chi connectivity index (χ1v) is 10.3. The molecule has 30 heavy (non-hydrogen) atoms. The molecular weight excluding hydrogens is 410 g/mol. The fourth-order valence-corrected chi connectivity index (χ4v) is 3.98. The number of amides is 1. The average Bonchev–Trinajstić information content (AvgIpc) is 3.06. The van der Waals surface area contributed by atoms with Gasteiger partial charge in [-0.25, -0.2) is 0 Å². The van der Waals surface area contributed by atoms with Crippen LogP contribution in [0.15, 0.2) is 36.4 Å². The van der Waals surface area contributed by atoms with Crippen molar-refractivity contribution in [2.45, 2.75) is 50.9 Å². The van der Waals surface area contributed by atoms with Crippen LogP contribution in [0.5, 0.6) is 11.5 Å². The van der Waals surface area contributed by atoms with Crippen molar-refractivity contribution < 1.29 is 19.2 Å². The van der Waals surface area contributed by atoms with Crippen LogP contribution in [0.4, 0.5) is 17.1 Å². The third kappa shape index (κ3) is 4.14. The minimum atomic E-state index is -0.583. The number of nitrogens with zero attached hydrogens (tertiary/aromatic N) is 1. The molecule has 2 aromatic rings. The number of hydrogen-bond acceptors (Lipinski definition) is 6. The topological polar surface area (TPSA) is 103 Å². The minimum absolute atomic E-state index is 0.102. The Labute approximate surface area is 178 Å². The van der Waals surface area contributed by atoms with Crippen LogP contribution in [-0.2, 0) is 4.79 Å².